The van der Waals surface area contributed by atoms with E-state index in [-0.39, 0.29) is 31.0 Å². The summed E-state index contributed by atoms with van der Waals surface area (Å²) in [7, 11) is 2.08. The van der Waals surface area contributed by atoms with Gasteiger partial charge in [0.1, 0.15) is 0 Å². The van der Waals surface area contributed by atoms with E-state index in [9.17, 15) is 4.79 Å². The number of halogens is 1. The van der Waals surface area contributed by atoms with Gasteiger partial charge in [0.15, 0.2) is 0 Å². The van der Waals surface area contributed by atoms with Gasteiger partial charge in [0.05, 0.1) is 25.3 Å². The van der Waals surface area contributed by atoms with Gasteiger partial charge in [-0.15, -0.1) is 12.4 Å². The summed E-state index contributed by atoms with van der Waals surface area (Å²) in [6.07, 6.45) is 0.184. The Morgan fingerprint density at radius 2 is 2.27 bits per heavy atom. The highest BCUT2D eigenvalue weighted by molar-refractivity contribution is 5.85. The van der Waals surface area contributed by atoms with Gasteiger partial charge in [-0.25, -0.2) is 0 Å². The summed E-state index contributed by atoms with van der Waals surface area (Å²) in [5.41, 5.74) is 5.33. The Kier molecular flexibility index (Phi) is 4.33. The van der Waals surface area contributed by atoms with Crippen LogP contribution < -0.4 is 5.73 Å². The van der Waals surface area contributed by atoms with Crippen molar-refractivity contribution in [3.63, 3.8) is 0 Å². The van der Waals surface area contributed by atoms with Crippen LogP contribution >= 0.6 is 12.4 Å². The lowest BCUT2D eigenvalue weighted by Crippen LogP contribution is -2.48. The topological polar surface area (TPSA) is 58.8 Å². The Morgan fingerprint density at radius 3 is 2.87 bits per heavy atom. The first kappa shape index (κ1) is 12.7. The van der Waals surface area contributed by atoms with Crippen LogP contribution in [0.5, 0.6) is 0 Å². The van der Waals surface area contributed by atoms with Crippen LogP contribution in [0.15, 0.2) is 0 Å². The van der Waals surface area contributed by atoms with E-state index in [0.717, 1.165) is 19.7 Å². The molecule has 2 N–H and O–H groups in total. The monoisotopic (exact) mass is 235 g/mol. The quantitative estimate of drug-likeness (QED) is 0.628. The van der Waals surface area contributed by atoms with E-state index >= 15 is 0 Å². The fraction of sp³-hybridized carbons (Fsp3) is 0.889. The molecule has 2 saturated heterocycles. The molecule has 15 heavy (non-hydrogen) atoms. The number of carbonyl (C=O) groups is 1. The molecule has 2 fully saturated rings. The Morgan fingerprint density at radius 1 is 1.53 bits per heavy atom. The summed E-state index contributed by atoms with van der Waals surface area (Å²) in [6, 6.07) is 0.360. The van der Waals surface area contributed by atoms with Crippen LogP contribution in [0.2, 0.25) is 0 Å². The number of fused-ring (bicyclic) bond motifs is 1. The predicted molar refractivity (Wildman–Crippen MR) is 59.0 cm³/mol. The van der Waals surface area contributed by atoms with Crippen LogP contribution in [0.25, 0.3) is 0 Å². The number of rotatable bonds is 1. The van der Waals surface area contributed by atoms with Gasteiger partial charge in [0, 0.05) is 19.6 Å². The van der Waals surface area contributed by atoms with Crippen molar-refractivity contribution in [3.05, 3.63) is 0 Å². The number of ether oxygens (including phenoxy) is 1. The zero-order valence-electron chi connectivity index (χ0n) is 8.89. The average Bonchev–Trinajstić information content (AvgIpc) is 2.62. The molecule has 2 rings (SSSR count). The molecule has 6 heteroatoms. The van der Waals surface area contributed by atoms with E-state index in [1.807, 2.05) is 0 Å². The molecule has 88 valence electrons. The highest BCUT2D eigenvalue weighted by Crippen LogP contribution is 2.21. The van der Waals surface area contributed by atoms with Crippen molar-refractivity contribution in [1.29, 1.82) is 0 Å². The molecule has 0 aromatic carbocycles. The summed E-state index contributed by atoms with van der Waals surface area (Å²) in [4.78, 5) is 15.5. The highest BCUT2D eigenvalue weighted by Gasteiger charge is 2.39. The third-order valence-electron chi connectivity index (χ3n) is 3.11. The Hall–Kier alpha value is -0.360. The normalized spacial score (nSPS) is 30.9. The summed E-state index contributed by atoms with van der Waals surface area (Å²) in [6.45, 7) is 3.28. The molecular weight excluding hydrogens is 218 g/mol. The molecule has 2 atom stereocenters. The number of morpholine rings is 1. The minimum absolute atomic E-state index is 0. The van der Waals surface area contributed by atoms with Crippen LogP contribution in [0.1, 0.15) is 0 Å². The lowest BCUT2D eigenvalue weighted by molar-refractivity contribution is -0.129. The smallest absolute Gasteiger partial charge is 0.236 e. The number of likely N-dealkylation sites (N-methyl/N-ethyl adjacent to an activating group) is 1. The minimum atomic E-state index is 0. The SMILES string of the molecule is CN1CCO[C@@H]2CN(C(=O)CN)C[C@H]21.Cl. The van der Waals surface area contributed by atoms with Crippen molar-refractivity contribution < 1.29 is 9.53 Å². The molecule has 0 aromatic rings. The van der Waals surface area contributed by atoms with Gasteiger partial charge in [0.25, 0.3) is 0 Å². The van der Waals surface area contributed by atoms with E-state index in [4.69, 9.17) is 10.5 Å². The Balaban J connectivity index is 0.00000112. The number of nitrogens with zero attached hydrogens (tertiary/aromatic N) is 2. The van der Waals surface area contributed by atoms with Gasteiger partial charge in [-0.05, 0) is 7.05 Å². The fourth-order valence-corrected chi connectivity index (χ4v) is 2.19. The van der Waals surface area contributed by atoms with Crippen LogP contribution in [-0.2, 0) is 9.53 Å². The van der Waals surface area contributed by atoms with E-state index in [1.165, 1.54) is 0 Å². The van der Waals surface area contributed by atoms with Gasteiger partial charge in [-0.1, -0.05) is 0 Å². The number of hydrogen-bond acceptors (Lipinski definition) is 4. The molecule has 1 amide bonds. The zero-order valence-corrected chi connectivity index (χ0v) is 9.70. The molecule has 2 heterocycles. The maximum atomic E-state index is 11.4. The van der Waals surface area contributed by atoms with Gasteiger partial charge in [-0.2, -0.15) is 0 Å². The second-order valence-corrected chi connectivity index (χ2v) is 3.96. The number of hydrogen-bond donors (Lipinski definition) is 1. The third kappa shape index (κ3) is 2.42. The number of amides is 1. The van der Waals surface area contributed by atoms with Crippen molar-refractivity contribution in [3.8, 4) is 0 Å². The lowest BCUT2D eigenvalue weighted by Gasteiger charge is -2.33. The first-order valence-electron chi connectivity index (χ1n) is 5.02. The molecule has 0 unspecified atom stereocenters. The first-order chi connectivity index (χ1) is 6.72. The fourth-order valence-electron chi connectivity index (χ4n) is 2.19. The zero-order chi connectivity index (χ0) is 10.1. The van der Waals surface area contributed by atoms with E-state index in [2.05, 4.69) is 11.9 Å². The van der Waals surface area contributed by atoms with Crippen molar-refractivity contribution in [2.75, 3.05) is 39.8 Å². The van der Waals surface area contributed by atoms with Gasteiger partial charge in [0.2, 0.25) is 5.91 Å². The van der Waals surface area contributed by atoms with Gasteiger partial charge >= 0.3 is 0 Å². The second kappa shape index (κ2) is 5.12. The second-order valence-electron chi connectivity index (χ2n) is 3.96. The number of carbonyl (C=O) groups excluding carboxylic acids is 1. The van der Waals surface area contributed by atoms with Gasteiger partial charge in [-0.3, -0.25) is 9.69 Å². The van der Waals surface area contributed by atoms with Crippen molar-refractivity contribution in [1.82, 2.24) is 9.80 Å². The molecule has 0 spiro atoms. The third-order valence-corrected chi connectivity index (χ3v) is 3.11. The molecule has 5 nitrogen and oxygen atoms in total. The standard InChI is InChI=1S/C9H17N3O2.ClH/c1-11-2-3-14-8-6-12(5-7(8)11)9(13)4-10;/h7-8H,2-6,10H2,1H3;1H/t7-,8-;/m1./s1. The van der Waals surface area contributed by atoms with Crippen molar-refractivity contribution in [2.24, 2.45) is 5.73 Å². The Labute approximate surface area is 95.9 Å². The van der Waals surface area contributed by atoms with Gasteiger partial charge < -0.3 is 15.4 Å². The molecule has 0 radical (unpaired) electrons. The largest absolute Gasteiger partial charge is 0.373 e. The number of likely N-dealkylation sites (tertiary alicyclic amines) is 1. The predicted octanol–water partition coefficient (Wildman–Crippen LogP) is -1.09. The summed E-state index contributed by atoms with van der Waals surface area (Å²) >= 11 is 0. The molecule has 0 bridgehead atoms. The minimum Gasteiger partial charge on any atom is -0.373 e. The van der Waals surface area contributed by atoms with Crippen LogP contribution in [0.4, 0.5) is 0 Å². The maximum absolute atomic E-state index is 11.4. The maximum Gasteiger partial charge on any atom is 0.236 e. The molecule has 0 aromatic heterocycles. The summed E-state index contributed by atoms with van der Waals surface area (Å²) in [5.74, 6) is 0.0244. The van der Waals surface area contributed by atoms with Crippen LogP contribution in [-0.4, -0.2) is 67.7 Å². The summed E-state index contributed by atoms with van der Waals surface area (Å²) < 4.78 is 5.62. The highest BCUT2D eigenvalue weighted by atomic mass is 35.5. The Bertz CT molecular complexity index is 239. The number of nitrogens with two attached hydrogens (primary N) is 1. The van der Waals surface area contributed by atoms with Crippen molar-refractivity contribution in [2.45, 2.75) is 12.1 Å². The van der Waals surface area contributed by atoms with E-state index < -0.39 is 0 Å². The molecule has 2 aliphatic heterocycles. The molecule has 0 aliphatic carbocycles. The van der Waals surface area contributed by atoms with E-state index in [0.29, 0.717) is 12.6 Å². The van der Waals surface area contributed by atoms with E-state index in [1.54, 1.807) is 4.90 Å². The first-order valence-corrected chi connectivity index (χ1v) is 5.02. The van der Waals surface area contributed by atoms with Crippen LogP contribution in [0, 0.1) is 0 Å². The average molecular weight is 236 g/mol. The summed E-state index contributed by atoms with van der Waals surface area (Å²) in [5, 5.41) is 0. The molecule has 2 aliphatic rings. The van der Waals surface area contributed by atoms with Crippen LogP contribution in [0.3, 0.4) is 0 Å². The van der Waals surface area contributed by atoms with Crippen molar-refractivity contribution >= 4 is 18.3 Å². The molecular formula is C9H18ClN3O2. The molecule has 0 saturated carbocycles. The lowest BCUT2D eigenvalue weighted by atomic mass is 10.1.